The van der Waals surface area contributed by atoms with Gasteiger partial charge in [-0.05, 0) is 39.0 Å². The third kappa shape index (κ3) is 2.40. The van der Waals surface area contributed by atoms with Crippen molar-refractivity contribution in [2.75, 3.05) is 0 Å². The molecule has 1 heterocycles. The van der Waals surface area contributed by atoms with Crippen molar-refractivity contribution in [2.45, 2.75) is 39.3 Å². The second-order valence-electron chi connectivity index (χ2n) is 4.95. The molecule has 0 aliphatic rings. The van der Waals surface area contributed by atoms with E-state index in [0.717, 1.165) is 10.9 Å². The third-order valence-corrected chi connectivity index (χ3v) is 3.65. The minimum atomic E-state index is 0.190. The SMILES string of the molecule is CC(N)Cc1cc2c(Br)cccc2n1C(C)C. The van der Waals surface area contributed by atoms with Crippen molar-refractivity contribution < 1.29 is 0 Å². The molecule has 1 aromatic carbocycles. The molecule has 0 saturated heterocycles. The molecule has 2 aromatic rings. The average molecular weight is 295 g/mol. The van der Waals surface area contributed by atoms with Crippen molar-refractivity contribution >= 4 is 26.8 Å². The molecule has 2 nitrogen and oxygen atoms in total. The van der Waals surface area contributed by atoms with Crippen LogP contribution >= 0.6 is 15.9 Å². The Morgan fingerprint density at radius 2 is 2.00 bits per heavy atom. The second-order valence-corrected chi connectivity index (χ2v) is 5.81. The predicted molar refractivity (Wildman–Crippen MR) is 77.4 cm³/mol. The van der Waals surface area contributed by atoms with E-state index in [-0.39, 0.29) is 6.04 Å². The summed E-state index contributed by atoms with van der Waals surface area (Å²) in [5.41, 5.74) is 8.53. The van der Waals surface area contributed by atoms with Gasteiger partial charge in [-0.1, -0.05) is 22.0 Å². The van der Waals surface area contributed by atoms with Crippen molar-refractivity contribution in [3.8, 4) is 0 Å². The maximum atomic E-state index is 5.93. The van der Waals surface area contributed by atoms with Gasteiger partial charge in [0, 0.05) is 39.6 Å². The van der Waals surface area contributed by atoms with Gasteiger partial charge in [0.15, 0.2) is 0 Å². The van der Waals surface area contributed by atoms with Gasteiger partial charge in [-0.15, -0.1) is 0 Å². The molecule has 0 radical (unpaired) electrons. The number of benzene rings is 1. The molecule has 1 unspecified atom stereocenters. The van der Waals surface area contributed by atoms with E-state index in [1.54, 1.807) is 0 Å². The van der Waals surface area contributed by atoms with Crippen molar-refractivity contribution in [3.63, 3.8) is 0 Å². The van der Waals surface area contributed by atoms with Gasteiger partial charge < -0.3 is 10.3 Å². The van der Waals surface area contributed by atoms with E-state index in [9.17, 15) is 0 Å². The second kappa shape index (κ2) is 4.83. The average Bonchev–Trinajstić information content (AvgIpc) is 2.56. The third-order valence-electron chi connectivity index (χ3n) is 2.96. The molecule has 0 saturated carbocycles. The van der Waals surface area contributed by atoms with Crippen LogP contribution in [0.4, 0.5) is 0 Å². The summed E-state index contributed by atoms with van der Waals surface area (Å²) in [6.45, 7) is 6.48. The van der Waals surface area contributed by atoms with Gasteiger partial charge in [0.05, 0.1) is 0 Å². The Kier molecular flexibility index (Phi) is 3.59. The van der Waals surface area contributed by atoms with Gasteiger partial charge >= 0.3 is 0 Å². The molecule has 0 amide bonds. The molecule has 0 aliphatic carbocycles. The molecule has 0 fully saturated rings. The normalized spacial score (nSPS) is 13.5. The van der Waals surface area contributed by atoms with Crippen LogP contribution in [-0.4, -0.2) is 10.6 Å². The number of hydrogen-bond donors (Lipinski definition) is 1. The lowest BCUT2D eigenvalue weighted by atomic mass is 10.2. The fraction of sp³-hybridized carbons (Fsp3) is 0.429. The Morgan fingerprint density at radius 3 is 2.59 bits per heavy atom. The van der Waals surface area contributed by atoms with Crippen molar-refractivity contribution in [3.05, 3.63) is 34.4 Å². The first-order valence-corrected chi connectivity index (χ1v) is 6.84. The zero-order chi connectivity index (χ0) is 12.6. The first-order valence-electron chi connectivity index (χ1n) is 6.04. The quantitative estimate of drug-likeness (QED) is 0.915. The lowest BCUT2D eigenvalue weighted by Gasteiger charge is -2.16. The first-order chi connectivity index (χ1) is 8.00. The smallest absolute Gasteiger partial charge is 0.0496 e. The fourth-order valence-corrected chi connectivity index (χ4v) is 2.84. The maximum absolute atomic E-state index is 5.93. The van der Waals surface area contributed by atoms with E-state index in [1.807, 2.05) is 0 Å². The standard InChI is InChI=1S/C14H19BrN2/c1-9(2)17-11(7-10(3)16)8-12-13(15)5-4-6-14(12)17/h4-6,8-10H,7,16H2,1-3H3. The number of rotatable bonds is 3. The summed E-state index contributed by atoms with van der Waals surface area (Å²) in [4.78, 5) is 0. The van der Waals surface area contributed by atoms with Crippen LogP contribution < -0.4 is 5.73 Å². The molecule has 1 aromatic heterocycles. The molecular formula is C14H19BrN2. The zero-order valence-electron chi connectivity index (χ0n) is 10.6. The van der Waals surface area contributed by atoms with Crippen molar-refractivity contribution in [1.82, 2.24) is 4.57 Å². The molecule has 3 heteroatoms. The summed E-state index contributed by atoms with van der Waals surface area (Å²) >= 11 is 3.62. The number of nitrogens with two attached hydrogens (primary N) is 1. The summed E-state index contributed by atoms with van der Waals surface area (Å²) in [5.74, 6) is 0. The number of hydrogen-bond acceptors (Lipinski definition) is 1. The van der Waals surface area contributed by atoms with E-state index in [1.165, 1.54) is 16.6 Å². The van der Waals surface area contributed by atoms with Crippen molar-refractivity contribution in [1.29, 1.82) is 0 Å². The van der Waals surface area contributed by atoms with Crippen LogP contribution in [0.5, 0.6) is 0 Å². The lowest BCUT2D eigenvalue weighted by Crippen LogP contribution is -2.20. The molecule has 2 rings (SSSR count). The highest BCUT2D eigenvalue weighted by atomic mass is 79.9. The summed E-state index contributed by atoms with van der Waals surface area (Å²) in [7, 11) is 0. The molecule has 0 bridgehead atoms. The molecule has 0 aliphatic heterocycles. The summed E-state index contributed by atoms with van der Waals surface area (Å²) < 4.78 is 3.53. The number of aromatic nitrogens is 1. The fourth-order valence-electron chi connectivity index (χ4n) is 2.37. The highest BCUT2D eigenvalue weighted by molar-refractivity contribution is 9.10. The Labute approximate surface area is 111 Å². The van der Waals surface area contributed by atoms with E-state index in [2.05, 4.69) is 65.5 Å². The highest BCUT2D eigenvalue weighted by Gasteiger charge is 2.13. The Bertz CT molecular complexity index is 526. The molecule has 1 atom stereocenters. The molecule has 2 N–H and O–H groups in total. The van der Waals surface area contributed by atoms with Crippen LogP contribution in [0.3, 0.4) is 0 Å². The minimum absolute atomic E-state index is 0.190. The number of halogens is 1. The number of fused-ring (bicyclic) bond motifs is 1. The van der Waals surface area contributed by atoms with Crippen molar-refractivity contribution in [2.24, 2.45) is 5.73 Å². The summed E-state index contributed by atoms with van der Waals surface area (Å²) in [6.07, 6.45) is 0.916. The van der Waals surface area contributed by atoms with Crippen LogP contribution in [0.15, 0.2) is 28.7 Å². The lowest BCUT2D eigenvalue weighted by molar-refractivity contribution is 0.576. The summed E-state index contributed by atoms with van der Waals surface area (Å²) in [5, 5.41) is 1.27. The Balaban J connectivity index is 2.66. The minimum Gasteiger partial charge on any atom is -0.342 e. The predicted octanol–water partition coefficient (Wildman–Crippen LogP) is 3.87. The van der Waals surface area contributed by atoms with Gasteiger partial charge in [0.1, 0.15) is 0 Å². The van der Waals surface area contributed by atoms with Crippen LogP contribution in [0.1, 0.15) is 32.5 Å². The van der Waals surface area contributed by atoms with E-state index >= 15 is 0 Å². The van der Waals surface area contributed by atoms with Crippen LogP contribution in [0.2, 0.25) is 0 Å². The van der Waals surface area contributed by atoms with Gasteiger partial charge in [-0.25, -0.2) is 0 Å². The zero-order valence-corrected chi connectivity index (χ0v) is 12.2. The molecular weight excluding hydrogens is 276 g/mol. The monoisotopic (exact) mass is 294 g/mol. The van der Waals surface area contributed by atoms with Gasteiger partial charge in [-0.3, -0.25) is 0 Å². The topological polar surface area (TPSA) is 30.9 Å². The highest BCUT2D eigenvalue weighted by Crippen LogP contribution is 2.30. The van der Waals surface area contributed by atoms with Crippen LogP contribution in [0, 0.1) is 0 Å². The van der Waals surface area contributed by atoms with Gasteiger partial charge in [0.2, 0.25) is 0 Å². The maximum Gasteiger partial charge on any atom is 0.0496 e. The Morgan fingerprint density at radius 1 is 1.29 bits per heavy atom. The van der Waals surface area contributed by atoms with Crippen LogP contribution in [0.25, 0.3) is 10.9 Å². The molecule has 17 heavy (non-hydrogen) atoms. The van der Waals surface area contributed by atoms with Crippen LogP contribution in [-0.2, 0) is 6.42 Å². The van der Waals surface area contributed by atoms with Gasteiger partial charge in [0.25, 0.3) is 0 Å². The van der Waals surface area contributed by atoms with E-state index in [4.69, 9.17) is 5.73 Å². The molecule has 0 spiro atoms. The van der Waals surface area contributed by atoms with Gasteiger partial charge in [-0.2, -0.15) is 0 Å². The number of nitrogens with zero attached hydrogens (tertiary/aromatic N) is 1. The molecule has 92 valence electrons. The first kappa shape index (κ1) is 12.7. The Hall–Kier alpha value is -0.800. The summed E-state index contributed by atoms with van der Waals surface area (Å²) in [6, 6.07) is 9.24. The van der Waals surface area contributed by atoms with E-state index in [0.29, 0.717) is 6.04 Å². The van der Waals surface area contributed by atoms with E-state index < -0.39 is 0 Å². The largest absolute Gasteiger partial charge is 0.342 e.